The molecule has 0 radical (unpaired) electrons. The van der Waals surface area contributed by atoms with Crippen molar-refractivity contribution in [3.05, 3.63) is 0 Å². The van der Waals surface area contributed by atoms with Crippen molar-refractivity contribution in [1.82, 2.24) is 0 Å². The van der Waals surface area contributed by atoms with Crippen molar-refractivity contribution in [1.29, 1.82) is 0 Å². The largest absolute Gasteiger partial charge is 0.179 e. The molecule has 120 valence electrons. The van der Waals surface area contributed by atoms with Crippen LogP contribution in [0.25, 0.3) is 0 Å². The van der Waals surface area contributed by atoms with Gasteiger partial charge in [0.2, 0.25) is 0 Å². The highest BCUT2D eigenvalue weighted by Crippen LogP contribution is 2.64. The highest BCUT2D eigenvalue weighted by atomic mass is 32.1. The van der Waals surface area contributed by atoms with E-state index in [1.54, 1.807) is 0 Å². The SMILES string of the molecule is CCCC(C)C(CCC)C1(C(CCC)C(C)CS)CC1. The van der Waals surface area contributed by atoms with Crippen LogP contribution >= 0.6 is 12.6 Å². The summed E-state index contributed by atoms with van der Waals surface area (Å²) in [7, 11) is 0. The number of rotatable bonds is 11. The van der Waals surface area contributed by atoms with Crippen LogP contribution in [0.1, 0.15) is 86.0 Å². The lowest BCUT2D eigenvalue weighted by atomic mass is 9.65. The molecule has 1 saturated carbocycles. The quantitative estimate of drug-likeness (QED) is 0.408. The van der Waals surface area contributed by atoms with Crippen LogP contribution in [-0.4, -0.2) is 5.75 Å². The molecule has 1 heteroatoms. The minimum Gasteiger partial charge on any atom is -0.179 e. The van der Waals surface area contributed by atoms with E-state index in [0.717, 1.165) is 29.4 Å². The van der Waals surface area contributed by atoms with Gasteiger partial charge in [-0.05, 0) is 60.5 Å². The van der Waals surface area contributed by atoms with E-state index in [9.17, 15) is 0 Å². The van der Waals surface area contributed by atoms with E-state index in [1.165, 1.54) is 51.4 Å². The number of thiol groups is 1. The van der Waals surface area contributed by atoms with Crippen LogP contribution in [0.4, 0.5) is 0 Å². The summed E-state index contributed by atoms with van der Waals surface area (Å²) < 4.78 is 0. The molecule has 4 unspecified atom stereocenters. The van der Waals surface area contributed by atoms with Crippen LogP contribution in [-0.2, 0) is 0 Å². The second-order valence-electron chi connectivity index (χ2n) is 7.45. The fourth-order valence-electron chi connectivity index (χ4n) is 4.84. The summed E-state index contributed by atoms with van der Waals surface area (Å²) in [6.45, 7) is 12.1. The molecule has 1 fully saturated rings. The molecule has 0 N–H and O–H groups in total. The zero-order chi connectivity index (χ0) is 15.2. The van der Waals surface area contributed by atoms with E-state index >= 15 is 0 Å². The standard InChI is InChI=1S/C19H38S/c1-6-9-15(4)17(10-7-2)19(12-13-19)18(11-8-3)16(5)14-20/h15-18,20H,6-14H2,1-5H3. The summed E-state index contributed by atoms with van der Waals surface area (Å²) in [4.78, 5) is 0. The third-order valence-electron chi connectivity index (χ3n) is 5.91. The summed E-state index contributed by atoms with van der Waals surface area (Å²) in [6, 6.07) is 0. The van der Waals surface area contributed by atoms with Crippen molar-refractivity contribution >= 4 is 12.6 Å². The molecule has 0 aromatic rings. The van der Waals surface area contributed by atoms with Gasteiger partial charge in [-0.25, -0.2) is 0 Å². The topological polar surface area (TPSA) is 0 Å². The first-order chi connectivity index (χ1) is 9.57. The van der Waals surface area contributed by atoms with Gasteiger partial charge in [0, 0.05) is 0 Å². The summed E-state index contributed by atoms with van der Waals surface area (Å²) in [5.41, 5.74) is 0.683. The fourth-order valence-corrected chi connectivity index (χ4v) is 5.10. The lowest BCUT2D eigenvalue weighted by molar-refractivity contribution is 0.0912. The van der Waals surface area contributed by atoms with E-state index in [2.05, 4.69) is 47.2 Å². The summed E-state index contributed by atoms with van der Waals surface area (Å²) in [5, 5.41) is 0. The average molecular weight is 299 g/mol. The van der Waals surface area contributed by atoms with Crippen LogP contribution in [0.5, 0.6) is 0 Å². The van der Waals surface area contributed by atoms with Gasteiger partial charge in [-0.1, -0.05) is 60.3 Å². The third kappa shape index (κ3) is 4.18. The summed E-state index contributed by atoms with van der Waals surface area (Å²) in [5.74, 6) is 4.64. The molecule has 0 aromatic heterocycles. The van der Waals surface area contributed by atoms with Crippen molar-refractivity contribution in [2.75, 3.05) is 5.75 Å². The highest BCUT2D eigenvalue weighted by molar-refractivity contribution is 7.80. The van der Waals surface area contributed by atoms with Crippen molar-refractivity contribution in [2.24, 2.45) is 29.1 Å². The number of hydrogen-bond acceptors (Lipinski definition) is 1. The predicted octanol–water partition coefficient (Wildman–Crippen LogP) is 6.60. The van der Waals surface area contributed by atoms with Gasteiger partial charge in [-0.2, -0.15) is 12.6 Å². The minimum absolute atomic E-state index is 0.683. The normalized spacial score (nSPS) is 23.1. The minimum atomic E-state index is 0.683. The fraction of sp³-hybridized carbons (Fsp3) is 1.00. The van der Waals surface area contributed by atoms with Gasteiger partial charge in [-0.15, -0.1) is 0 Å². The maximum Gasteiger partial charge on any atom is -0.00693 e. The van der Waals surface area contributed by atoms with Gasteiger partial charge in [-0.3, -0.25) is 0 Å². The van der Waals surface area contributed by atoms with Crippen LogP contribution in [0, 0.1) is 29.1 Å². The second kappa shape index (κ2) is 8.71. The van der Waals surface area contributed by atoms with Gasteiger partial charge >= 0.3 is 0 Å². The molecule has 1 rings (SSSR count). The first-order valence-electron chi connectivity index (χ1n) is 9.18. The Morgan fingerprint density at radius 3 is 1.60 bits per heavy atom. The molecule has 1 aliphatic carbocycles. The molecular weight excluding hydrogens is 260 g/mol. The van der Waals surface area contributed by atoms with Crippen molar-refractivity contribution in [3.63, 3.8) is 0 Å². The molecule has 1 aliphatic rings. The monoisotopic (exact) mass is 298 g/mol. The molecule has 4 atom stereocenters. The molecule has 0 aromatic carbocycles. The molecule has 0 bridgehead atoms. The zero-order valence-electron chi connectivity index (χ0n) is 14.6. The van der Waals surface area contributed by atoms with E-state index in [-0.39, 0.29) is 0 Å². The summed E-state index contributed by atoms with van der Waals surface area (Å²) >= 11 is 4.62. The zero-order valence-corrected chi connectivity index (χ0v) is 15.5. The third-order valence-corrected chi connectivity index (χ3v) is 6.49. The lowest BCUT2D eigenvalue weighted by Gasteiger charge is -2.40. The Morgan fingerprint density at radius 2 is 1.25 bits per heavy atom. The first-order valence-corrected chi connectivity index (χ1v) is 9.81. The Kier molecular flexibility index (Phi) is 8.01. The van der Waals surface area contributed by atoms with E-state index in [1.807, 2.05) is 0 Å². The Bertz CT molecular complexity index is 256. The molecule has 0 aliphatic heterocycles. The average Bonchev–Trinajstić information content (AvgIpc) is 3.22. The van der Waals surface area contributed by atoms with E-state index in [4.69, 9.17) is 0 Å². The van der Waals surface area contributed by atoms with Gasteiger partial charge in [0.1, 0.15) is 0 Å². The first kappa shape index (κ1) is 18.4. The Morgan fingerprint density at radius 1 is 0.800 bits per heavy atom. The molecule has 20 heavy (non-hydrogen) atoms. The number of hydrogen-bond donors (Lipinski definition) is 1. The summed E-state index contributed by atoms with van der Waals surface area (Å²) in [6.07, 6.45) is 11.3. The van der Waals surface area contributed by atoms with Crippen LogP contribution < -0.4 is 0 Å². The van der Waals surface area contributed by atoms with Gasteiger partial charge in [0.05, 0.1) is 0 Å². The van der Waals surface area contributed by atoms with Crippen LogP contribution in [0.15, 0.2) is 0 Å². The van der Waals surface area contributed by atoms with E-state index < -0.39 is 0 Å². The van der Waals surface area contributed by atoms with Crippen LogP contribution in [0.3, 0.4) is 0 Å². The van der Waals surface area contributed by atoms with Crippen molar-refractivity contribution in [3.8, 4) is 0 Å². The van der Waals surface area contributed by atoms with Crippen molar-refractivity contribution < 1.29 is 0 Å². The molecule has 0 heterocycles. The van der Waals surface area contributed by atoms with Crippen molar-refractivity contribution in [2.45, 2.75) is 86.0 Å². The highest BCUT2D eigenvalue weighted by Gasteiger charge is 2.55. The Balaban J connectivity index is 2.89. The second-order valence-corrected chi connectivity index (χ2v) is 7.81. The molecule has 0 nitrogen and oxygen atoms in total. The molecule has 0 saturated heterocycles. The predicted molar refractivity (Wildman–Crippen MR) is 95.6 cm³/mol. The lowest BCUT2D eigenvalue weighted by Crippen LogP contribution is -2.34. The van der Waals surface area contributed by atoms with E-state index in [0.29, 0.717) is 5.41 Å². The Hall–Kier alpha value is 0.350. The maximum atomic E-state index is 4.62. The molecule has 0 amide bonds. The van der Waals surface area contributed by atoms with Gasteiger partial charge in [0.15, 0.2) is 0 Å². The van der Waals surface area contributed by atoms with Crippen LogP contribution in [0.2, 0.25) is 0 Å². The smallest absolute Gasteiger partial charge is 0.00693 e. The molecular formula is C19H38S. The maximum absolute atomic E-state index is 4.62. The van der Waals surface area contributed by atoms with Gasteiger partial charge in [0.25, 0.3) is 0 Å². The molecule has 0 spiro atoms. The Labute approximate surface area is 133 Å². The van der Waals surface area contributed by atoms with Gasteiger partial charge < -0.3 is 0 Å².